The lowest BCUT2D eigenvalue weighted by Gasteiger charge is -2.03. The molecule has 0 aliphatic carbocycles. The number of carbonyl (C=O) groups excluding carboxylic acids is 1. The van der Waals surface area contributed by atoms with Crippen LogP contribution in [0.5, 0.6) is 0 Å². The van der Waals surface area contributed by atoms with E-state index < -0.39 is 0 Å². The smallest absolute Gasteiger partial charge is 0.159 e. The third-order valence-electron chi connectivity index (χ3n) is 1.49. The third kappa shape index (κ3) is 1.79. The van der Waals surface area contributed by atoms with Crippen molar-refractivity contribution in [2.45, 2.75) is 6.92 Å². The first-order chi connectivity index (χ1) is 5.52. The second kappa shape index (κ2) is 3.46. The summed E-state index contributed by atoms with van der Waals surface area (Å²) in [4.78, 5) is 10.9. The first-order valence-electron chi connectivity index (χ1n) is 3.28. The van der Waals surface area contributed by atoms with Gasteiger partial charge in [0.05, 0.1) is 10.7 Å². The molecule has 0 bridgehead atoms. The molecule has 0 atom stereocenters. The number of halogens is 2. The Labute approximate surface area is 83.8 Å². The molecule has 4 heteroatoms. The van der Waals surface area contributed by atoms with E-state index in [-0.39, 0.29) is 5.78 Å². The summed E-state index contributed by atoms with van der Waals surface area (Å²) in [6.45, 7) is 1.48. The number of hydrogen-bond donors (Lipinski definition) is 1. The van der Waals surface area contributed by atoms with E-state index in [4.69, 9.17) is 17.3 Å². The number of anilines is 1. The Hall–Kier alpha value is -0.540. The van der Waals surface area contributed by atoms with Crippen LogP contribution in [0, 0.1) is 0 Å². The molecule has 0 radical (unpaired) electrons. The van der Waals surface area contributed by atoms with Gasteiger partial charge in [0.2, 0.25) is 0 Å². The molecule has 12 heavy (non-hydrogen) atoms. The molecule has 0 aliphatic rings. The standard InChI is InChI=1S/C8H7BrClNO/c1-4(12)5-2-6(9)8(11)7(10)3-5/h2-3H,11H2,1H3. The largest absolute Gasteiger partial charge is 0.397 e. The van der Waals surface area contributed by atoms with Gasteiger partial charge in [-0.15, -0.1) is 0 Å². The van der Waals surface area contributed by atoms with Crippen molar-refractivity contribution in [2.24, 2.45) is 0 Å². The number of nitrogens with two attached hydrogens (primary N) is 1. The average Bonchev–Trinajstić information content (AvgIpc) is 1.99. The Morgan fingerprint density at radius 2 is 2.17 bits per heavy atom. The highest BCUT2D eigenvalue weighted by Gasteiger charge is 2.06. The maximum Gasteiger partial charge on any atom is 0.159 e. The van der Waals surface area contributed by atoms with Crippen LogP contribution in [0.15, 0.2) is 16.6 Å². The monoisotopic (exact) mass is 247 g/mol. The van der Waals surface area contributed by atoms with Gasteiger partial charge in [0.1, 0.15) is 0 Å². The molecule has 2 nitrogen and oxygen atoms in total. The van der Waals surface area contributed by atoms with Gasteiger partial charge in [-0.2, -0.15) is 0 Å². The minimum absolute atomic E-state index is 0.0300. The molecule has 0 aromatic heterocycles. The van der Waals surface area contributed by atoms with Crippen LogP contribution < -0.4 is 5.73 Å². The fourth-order valence-electron chi connectivity index (χ4n) is 0.788. The fraction of sp³-hybridized carbons (Fsp3) is 0.125. The predicted molar refractivity (Wildman–Crippen MR) is 53.6 cm³/mol. The maximum absolute atomic E-state index is 10.9. The van der Waals surface area contributed by atoms with Gasteiger partial charge >= 0.3 is 0 Å². The number of nitrogen functional groups attached to an aromatic ring is 1. The summed E-state index contributed by atoms with van der Waals surface area (Å²) in [5, 5.41) is 0.398. The summed E-state index contributed by atoms with van der Waals surface area (Å²) in [7, 11) is 0. The van der Waals surface area contributed by atoms with Crippen molar-refractivity contribution in [3.05, 3.63) is 27.2 Å². The SMILES string of the molecule is CC(=O)c1cc(Cl)c(N)c(Br)c1. The molecule has 1 rings (SSSR count). The lowest BCUT2D eigenvalue weighted by atomic mass is 10.1. The van der Waals surface area contributed by atoms with Crippen LogP contribution >= 0.6 is 27.5 Å². The topological polar surface area (TPSA) is 43.1 Å². The number of hydrogen-bond acceptors (Lipinski definition) is 2. The van der Waals surface area contributed by atoms with Crippen molar-refractivity contribution in [2.75, 3.05) is 5.73 Å². The molecular formula is C8H7BrClNO. The lowest BCUT2D eigenvalue weighted by molar-refractivity contribution is 0.101. The maximum atomic E-state index is 10.9. The van der Waals surface area contributed by atoms with E-state index >= 15 is 0 Å². The van der Waals surface area contributed by atoms with Gasteiger partial charge in [0.25, 0.3) is 0 Å². The Morgan fingerprint density at radius 1 is 1.58 bits per heavy atom. The van der Waals surface area contributed by atoms with Gasteiger partial charge in [0.15, 0.2) is 5.78 Å². The molecule has 0 amide bonds. The Kier molecular flexibility index (Phi) is 2.75. The van der Waals surface area contributed by atoms with Crippen LogP contribution in [0.1, 0.15) is 17.3 Å². The van der Waals surface area contributed by atoms with E-state index in [2.05, 4.69) is 15.9 Å². The van der Waals surface area contributed by atoms with Crippen molar-refractivity contribution in [3.63, 3.8) is 0 Å². The highest BCUT2D eigenvalue weighted by atomic mass is 79.9. The summed E-state index contributed by atoms with van der Waals surface area (Å²) in [5.74, 6) is -0.0300. The highest BCUT2D eigenvalue weighted by molar-refractivity contribution is 9.10. The predicted octanol–water partition coefficient (Wildman–Crippen LogP) is 2.89. The first kappa shape index (κ1) is 9.55. The second-order valence-corrected chi connectivity index (χ2v) is 3.67. The van der Waals surface area contributed by atoms with E-state index in [1.54, 1.807) is 12.1 Å². The summed E-state index contributed by atoms with van der Waals surface area (Å²) >= 11 is 8.96. The molecule has 0 saturated carbocycles. The zero-order valence-corrected chi connectivity index (χ0v) is 8.74. The Balaban J connectivity index is 3.31. The number of carbonyl (C=O) groups is 1. The highest BCUT2D eigenvalue weighted by Crippen LogP contribution is 2.29. The van der Waals surface area contributed by atoms with Gasteiger partial charge < -0.3 is 5.73 Å². The minimum Gasteiger partial charge on any atom is -0.397 e. The summed E-state index contributed by atoms with van der Waals surface area (Å²) < 4.78 is 0.653. The molecule has 0 heterocycles. The van der Waals surface area contributed by atoms with E-state index in [1.165, 1.54) is 6.92 Å². The van der Waals surface area contributed by atoms with Crippen LogP contribution in [0.4, 0.5) is 5.69 Å². The van der Waals surface area contributed by atoms with Crippen molar-refractivity contribution in [3.8, 4) is 0 Å². The molecule has 1 aromatic carbocycles. The zero-order valence-electron chi connectivity index (χ0n) is 6.40. The number of benzene rings is 1. The lowest BCUT2D eigenvalue weighted by Crippen LogP contribution is -1.95. The first-order valence-corrected chi connectivity index (χ1v) is 4.45. The van der Waals surface area contributed by atoms with Crippen molar-refractivity contribution in [1.29, 1.82) is 0 Å². The molecule has 0 fully saturated rings. The molecule has 0 unspecified atom stereocenters. The summed E-state index contributed by atoms with van der Waals surface area (Å²) in [5.41, 5.74) is 6.58. The Bertz CT molecular complexity index is 315. The van der Waals surface area contributed by atoms with Crippen LogP contribution in [0.2, 0.25) is 5.02 Å². The molecule has 0 spiro atoms. The van der Waals surface area contributed by atoms with Gasteiger partial charge in [-0.25, -0.2) is 0 Å². The molecule has 0 aliphatic heterocycles. The molecule has 0 saturated heterocycles. The van der Waals surface area contributed by atoms with Crippen LogP contribution in [0.25, 0.3) is 0 Å². The molecular weight excluding hydrogens is 241 g/mol. The quantitative estimate of drug-likeness (QED) is 0.613. The van der Waals surface area contributed by atoms with Crippen molar-refractivity contribution >= 4 is 39.0 Å². The summed E-state index contributed by atoms with van der Waals surface area (Å²) in [6.07, 6.45) is 0. The van der Waals surface area contributed by atoms with Gasteiger partial charge in [-0.05, 0) is 35.0 Å². The van der Waals surface area contributed by atoms with Crippen LogP contribution in [0.3, 0.4) is 0 Å². The average molecular weight is 249 g/mol. The second-order valence-electron chi connectivity index (χ2n) is 2.41. The zero-order chi connectivity index (χ0) is 9.30. The van der Waals surface area contributed by atoms with Crippen molar-refractivity contribution in [1.82, 2.24) is 0 Å². The van der Waals surface area contributed by atoms with Crippen LogP contribution in [-0.2, 0) is 0 Å². The summed E-state index contributed by atoms with van der Waals surface area (Å²) in [6, 6.07) is 3.22. The molecule has 1 aromatic rings. The minimum atomic E-state index is -0.0300. The third-order valence-corrected chi connectivity index (χ3v) is 2.45. The van der Waals surface area contributed by atoms with Crippen molar-refractivity contribution < 1.29 is 4.79 Å². The molecule has 2 N–H and O–H groups in total. The number of rotatable bonds is 1. The van der Waals surface area contributed by atoms with Crippen LogP contribution in [-0.4, -0.2) is 5.78 Å². The van der Waals surface area contributed by atoms with E-state index in [0.29, 0.717) is 20.7 Å². The fourth-order valence-corrected chi connectivity index (χ4v) is 1.58. The van der Waals surface area contributed by atoms with E-state index in [1.807, 2.05) is 0 Å². The van der Waals surface area contributed by atoms with Gasteiger partial charge in [-0.3, -0.25) is 4.79 Å². The van der Waals surface area contributed by atoms with Gasteiger partial charge in [-0.1, -0.05) is 11.6 Å². The normalized spacial score (nSPS) is 9.92. The van der Waals surface area contributed by atoms with E-state index in [9.17, 15) is 4.79 Å². The van der Waals surface area contributed by atoms with Gasteiger partial charge in [0, 0.05) is 10.0 Å². The number of ketones is 1. The van der Waals surface area contributed by atoms with E-state index in [0.717, 1.165) is 0 Å². The number of Topliss-reactive ketones (excluding diaryl/α,β-unsaturated/α-hetero) is 1. The Morgan fingerprint density at radius 3 is 2.58 bits per heavy atom. The molecule has 64 valence electrons.